The van der Waals surface area contributed by atoms with E-state index in [1.165, 1.54) is 12.1 Å². The Morgan fingerprint density at radius 1 is 1.17 bits per heavy atom. The summed E-state index contributed by atoms with van der Waals surface area (Å²) in [6.45, 7) is 0. The third-order valence-electron chi connectivity index (χ3n) is 2.31. The standard InChI is InChI=1S/C13H9FINO2/c14-11-7-10(17)5-6-12(11)16-13(18)8-1-3-9(15)4-2-8/h1-7,17H,(H,16,18). The second-order valence-corrected chi connectivity index (χ2v) is 4.87. The molecule has 2 aromatic rings. The molecule has 2 N–H and O–H groups in total. The maximum atomic E-state index is 13.4. The van der Waals surface area contributed by atoms with Gasteiger partial charge < -0.3 is 10.4 Å². The maximum Gasteiger partial charge on any atom is 0.255 e. The van der Waals surface area contributed by atoms with E-state index in [0.29, 0.717) is 5.56 Å². The summed E-state index contributed by atoms with van der Waals surface area (Å²) in [5.74, 6) is -1.25. The van der Waals surface area contributed by atoms with Gasteiger partial charge >= 0.3 is 0 Å². The first-order valence-corrected chi connectivity index (χ1v) is 6.19. The Morgan fingerprint density at radius 2 is 1.83 bits per heavy atom. The third-order valence-corrected chi connectivity index (χ3v) is 3.03. The first-order valence-electron chi connectivity index (χ1n) is 5.12. The number of anilines is 1. The predicted octanol–water partition coefficient (Wildman–Crippen LogP) is 3.39. The molecule has 0 radical (unpaired) electrons. The van der Waals surface area contributed by atoms with Crippen LogP contribution in [0.5, 0.6) is 5.75 Å². The van der Waals surface area contributed by atoms with Crippen LogP contribution in [0.4, 0.5) is 10.1 Å². The van der Waals surface area contributed by atoms with Gasteiger partial charge in [-0.05, 0) is 59.0 Å². The van der Waals surface area contributed by atoms with E-state index in [9.17, 15) is 9.18 Å². The Balaban J connectivity index is 2.18. The fraction of sp³-hybridized carbons (Fsp3) is 0. The molecule has 1 amide bonds. The smallest absolute Gasteiger partial charge is 0.255 e. The van der Waals surface area contributed by atoms with Gasteiger partial charge in [0.1, 0.15) is 11.6 Å². The fourth-order valence-corrected chi connectivity index (χ4v) is 1.76. The van der Waals surface area contributed by atoms with E-state index in [1.807, 2.05) is 0 Å². The Morgan fingerprint density at radius 3 is 2.44 bits per heavy atom. The highest BCUT2D eigenvalue weighted by atomic mass is 127. The Hall–Kier alpha value is -1.63. The number of phenolic OH excluding ortho intramolecular Hbond substituents is 1. The largest absolute Gasteiger partial charge is 0.508 e. The molecular weight excluding hydrogens is 348 g/mol. The molecule has 0 atom stereocenters. The number of aromatic hydroxyl groups is 1. The molecule has 92 valence electrons. The topological polar surface area (TPSA) is 49.3 Å². The zero-order valence-electron chi connectivity index (χ0n) is 9.15. The molecule has 0 saturated carbocycles. The molecule has 2 rings (SSSR count). The van der Waals surface area contributed by atoms with Gasteiger partial charge in [-0.2, -0.15) is 0 Å². The summed E-state index contributed by atoms with van der Waals surface area (Å²) in [6, 6.07) is 10.5. The summed E-state index contributed by atoms with van der Waals surface area (Å²) in [6.07, 6.45) is 0. The Kier molecular flexibility index (Phi) is 3.81. The van der Waals surface area contributed by atoms with Gasteiger partial charge in [-0.15, -0.1) is 0 Å². The molecule has 0 aliphatic heterocycles. The lowest BCUT2D eigenvalue weighted by atomic mass is 10.2. The summed E-state index contributed by atoms with van der Waals surface area (Å²) in [4.78, 5) is 11.8. The minimum atomic E-state index is -0.672. The minimum absolute atomic E-state index is 0.0383. The van der Waals surface area contributed by atoms with Crippen molar-refractivity contribution < 1.29 is 14.3 Å². The van der Waals surface area contributed by atoms with Gasteiger partial charge in [0.05, 0.1) is 5.69 Å². The monoisotopic (exact) mass is 357 g/mol. The summed E-state index contributed by atoms with van der Waals surface area (Å²) in [5, 5.41) is 11.5. The lowest BCUT2D eigenvalue weighted by Crippen LogP contribution is -2.12. The van der Waals surface area contributed by atoms with E-state index in [2.05, 4.69) is 27.9 Å². The van der Waals surface area contributed by atoms with Crippen LogP contribution in [0.3, 0.4) is 0 Å². The Labute approximate surface area is 117 Å². The van der Waals surface area contributed by atoms with Crippen molar-refractivity contribution in [2.24, 2.45) is 0 Å². The van der Waals surface area contributed by atoms with E-state index < -0.39 is 11.7 Å². The number of amides is 1. The molecule has 5 heteroatoms. The normalized spacial score (nSPS) is 10.1. The molecule has 0 saturated heterocycles. The highest BCUT2D eigenvalue weighted by molar-refractivity contribution is 14.1. The number of halogens is 2. The lowest BCUT2D eigenvalue weighted by molar-refractivity contribution is 0.102. The average molecular weight is 357 g/mol. The van der Waals surface area contributed by atoms with E-state index in [-0.39, 0.29) is 11.4 Å². The summed E-state index contributed by atoms with van der Waals surface area (Å²) < 4.78 is 14.4. The van der Waals surface area contributed by atoms with Crippen molar-refractivity contribution >= 4 is 34.2 Å². The van der Waals surface area contributed by atoms with Gasteiger partial charge in [0, 0.05) is 15.2 Å². The van der Waals surface area contributed by atoms with Crippen LogP contribution >= 0.6 is 22.6 Å². The molecule has 0 aliphatic carbocycles. The number of hydrogen-bond donors (Lipinski definition) is 2. The van der Waals surface area contributed by atoms with E-state index in [0.717, 1.165) is 9.64 Å². The molecule has 18 heavy (non-hydrogen) atoms. The number of nitrogens with one attached hydrogen (secondary N) is 1. The zero-order valence-corrected chi connectivity index (χ0v) is 11.3. The van der Waals surface area contributed by atoms with Crippen molar-refractivity contribution in [1.82, 2.24) is 0 Å². The molecule has 0 fully saturated rings. The molecule has 0 heterocycles. The number of carbonyl (C=O) groups excluding carboxylic acids is 1. The van der Waals surface area contributed by atoms with Gasteiger partial charge in [0.15, 0.2) is 0 Å². The van der Waals surface area contributed by atoms with Gasteiger partial charge in [-0.1, -0.05) is 0 Å². The number of hydrogen-bond acceptors (Lipinski definition) is 2. The third kappa shape index (κ3) is 2.98. The minimum Gasteiger partial charge on any atom is -0.508 e. The van der Waals surface area contributed by atoms with Crippen molar-refractivity contribution in [3.8, 4) is 5.75 Å². The number of carbonyl (C=O) groups is 1. The summed E-state index contributed by atoms with van der Waals surface area (Å²) in [5.41, 5.74) is 0.485. The van der Waals surface area contributed by atoms with Crippen molar-refractivity contribution in [2.75, 3.05) is 5.32 Å². The molecule has 0 bridgehead atoms. The van der Waals surface area contributed by atoms with Crippen LogP contribution in [-0.4, -0.2) is 11.0 Å². The highest BCUT2D eigenvalue weighted by Gasteiger charge is 2.09. The number of phenols is 1. The lowest BCUT2D eigenvalue weighted by Gasteiger charge is -2.06. The second-order valence-electron chi connectivity index (χ2n) is 3.63. The molecule has 0 unspecified atom stereocenters. The maximum absolute atomic E-state index is 13.4. The van der Waals surface area contributed by atoms with Gasteiger partial charge in [-0.3, -0.25) is 4.79 Å². The molecule has 0 aliphatic rings. The van der Waals surface area contributed by atoms with Crippen molar-refractivity contribution in [3.05, 3.63) is 57.4 Å². The highest BCUT2D eigenvalue weighted by Crippen LogP contribution is 2.20. The summed E-state index contributed by atoms with van der Waals surface area (Å²) >= 11 is 2.13. The second kappa shape index (κ2) is 5.34. The van der Waals surface area contributed by atoms with Gasteiger partial charge in [0.2, 0.25) is 0 Å². The van der Waals surface area contributed by atoms with Crippen LogP contribution in [0.25, 0.3) is 0 Å². The first-order chi connectivity index (χ1) is 8.56. The van der Waals surface area contributed by atoms with E-state index in [1.54, 1.807) is 24.3 Å². The molecule has 0 aromatic heterocycles. The van der Waals surface area contributed by atoms with Crippen molar-refractivity contribution in [2.45, 2.75) is 0 Å². The summed E-state index contributed by atoms with van der Waals surface area (Å²) in [7, 11) is 0. The van der Waals surface area contributed by atoms with E-state index >= 15 is 0 Å². The first kappa shape index (κ1) is 12.8. The van der Waals surface area contributed by atoms with E-state index in [4.69, 9.17) is 5.11 Å². The van der Waals surface area contributed by atoms with Crippen LogP contribution in [0.2, 0.25) is 0 Å². The Bertz CT molecular complexity index is 584. The quantitative estimate of drug-likeness (QED) is 0.640. The predicted molar refractivity (Wildman–Crippen MR) is 75.2 cm³/mol. The van der Waals surface area contributed by atoms with Crippen molar-refractivity contribution in [1.29, 1.82) is 0 Å². The van der Waals surface area contributed by atoms with Crippen LogP contribution < -0.4 is 5.32 Å². The van der Waals surface area contributed by atoms with Crippen LogP contribution in [0, 0.1) is 9.39 Å². The van der Waals surface area contributed by atoms with Crippen LogP contribution in [-0.2, 0) is 0 Å². The number of benzene rings is 2. The molecule has 2 aromatic carbocycles. The zero-order chi connectivity index (χ0) is 13.1. The SMILES string of the molecule is O=C(Nc1ccc(O)cc1F)c1ccc(I)cc1. The van der Waals surface area contributed by atoms with Crippen LogP contribution in [0.15, 0.2) is 42.5 Å². The number of rotatable bonds is 2. The molecule has 0 spiro atoms. The van der Waals surface area contributed by atoms with Crippen LogP contribution in [0.1, 0.15) is 10.4 Å². The van der Waals surface area contributed by atoms with Gasteiger partial charge in [-0.25, -0.2) is 4.39 Å². The average Bonchev–Trinajstić information content (AvgIpc) is 2.33. The fourth-order valence-electron chi connectivity index (χ4n) is 1.40. The van der Waals surface area contributed by atoms with Gasteiger partial charge in [0.25, 0.3) is 5.91 Å². The molecular formula is C13H9FINO2. The van der Waals surface area contributed by atoms with Crippen molar-refractivity contribution in [3.63, 3.8) is 0 Å². The molecule has 3 nitrogen and oxygen atoms in total.